The predicted molar refractivity (Wildman–Crippen MR) is 116 cm³/mol. The van der Waals surface area contributed by atoms with Crippen LogP contribution in [-0.2, 0) is 21.0 Å². The summed E-state index contributed by atoms with van der Waals surface area (Å²) in [5, 5.41) is 0. The average molecular weight is 392 g/mol. The summed E-state index contributed by atoms with van der Waals surface area (Å²) in [4.78, 5) is 16.6. The minimum Gasteiger partial charge on any atom is -0.458 e. The fraction of sp³-hybridized carbons (Fsp3) is 0.538. The summed E-state index contributed by atoms with van der Waals surface area (Å²) in [6.45, 7) is 13.9. The Morgan fingerprint density at radius 2 is 1.76 bits per heavy atom. The van der Waals surface area contributed by atoms with Gasteiger partial charge in [-0.25, -0.2) is 4.79 Å². The summed E-state index contributed by atoms with van der Waals surface area (Å²) < 4.78 is 5.92. The molecule has 154 valence electrons. The summed E-state index contributed by atoms with van der Waals surface area (Å²) in [7, 11) is 0. The zero-order chi connectivity index (χ0) is 21.0. The topological polar surface area (TPSA) is 39.2 Å². The van der Waals surface area contributed by atoms with Crippen molar-refractivity contribution in [3.05, 3.63) is 64.5 Å². The van der Waals surface area contributed by atoms with E-state index in [4.69, 9.17) is 4.74 Å². The van der Waals surface area contributed by atoms with Crippen LogP contribution in [0, 0.1) is 6.92 Å². The zero-order valence-corrected chi connectivity index (χ0v) is 18.6. The molecular formula is C26H33NO2. The number of nitrogens with zero attached hydrogens (tertiary/aromatic N) is 1. The SMILES string of the molecule is CCC1(c2cc3c(cc2C)C(C)(C)CCC3(C)C)CC1OC(=O)c1cccnc1. The second kappa shape index (κ2) is 6.68. The van der Waals surface area contributed by atoms with Gasteiger partial charge in [0.05, 0.1) is 5.56 Å². The van der Waals surface area contributed by atoms with E-state index in [-0.39, 0.29) is 28.3 Å². The Morgan fingerprint density at radius 1 is 1.10 bits per heavy atom. The maximum atomic E-state index is 12.6. The van der Waals surface area contributed by atoms with Crippen LogP contribution in [0.15, 0.2) is 36.7 Å². The summed E-state index contributed by atoms with van der Waals surface area (Å²) >= 11 is 0. The van der Waals surface area contributed by atoms with Crippen LogP contribution in [0.5, 0.6) is 0 Å². The van der Waals surface area contributed by atoms with Crippen molar-refractivity contribution in [2.24, 2.45) is 0 Å². The predicted octanol–water partition coefficient (Wildman–Crippen LogP) is 6.02. The lowest BCUT2D eigenvalue weighted by Crippen LogP contribution is -2.34. The normalized spacial score (nSPS) is 26.5. The smallest absolute Gasteiger partial charge is 0.340 e. The van der Waals surface area contributed by atoms with E-state index in [0.29, 0.717) is 5.56 Å². The average Bonchev–Trinajstić information content (AvgIpc) is 3.39. The zero-order valence-electron chi connectivity index (χ0n) is 18.6. The highest BCUT2D eigenvalue weighted by Gasteiger charge is 2.58. The van der Waals surface area contributed by atoms with E-state index in [2.05, 4.69) is 58.7 Å². The molecule has 0 N–H and O–H groups in total. The third kappa shape index (κ3) is 3.29. The first-order chi connectivity index (χ1) is 13.6. The highest BCUT2D eigenvalue weighted by molar-refractivity contribution is 5.89. The number of pyridine rings is 1. The highest BCUT2D eigenvalue weighted by Crippen LogP contribution is 2.56. The molecule has 0 radical (unpaired) electrons. The molecule has 1 aromatic heterocycles. The minimum absolute atomic E-state index is 0.0586. The van der Waals surface area contributed by atoms with Crippen LogP contribution in [0.3, 0.4) is 0 Å². The number of hydrogen-bond acceptors (Lipinski definition) is 3. The van der Waals surface area contributed by atoms with Crippen LogP contribution in [0.25, 0.3) is 0 Å². The molecule has 3 nitrogen and oxygen atoms in total. The Kier molecular flexibility index (Phi) is 4.64. The van der Waals surface area contributed by atoms with Gasteiger partial charge in [-0.3, -0.25) is 4.98 Å². The van der Waals surface area contributed by atoms with Gasteiger partial charge >= 0.3 is 5.97 Å². The molecular weight excluding hydrogens is 358 g/mol. The monoisotopic (exact) mass is 391 g/mol. The van der Waals surface area contributed by atoms with Crippen molar-refractivity contribution in [3.63, 3.8) is 0 Å². The maximum absolute atomic E-state index is 12.6. The summed E-state index contributed by atoms with van der Waals surface area (Å²) in [5.41, 5.74) is 6.52. The Labute approximate surface area is 174 Å². The first-order valence-electron chi connectivity index (χ1n) is 10.9. The van der Waals surface area contributed by atoms with Gasteiger partial charge in [-0.05, 0) is 77.8 Å². The van der Waals surface area contributed by atoms with Crippen molar-refractivity contribution in [1.29, 1.82) is 0 Å². The minimum atomic E-state index is -0.268. The lowest BCUT2D eigenvalue weighted by molar-refractivity contribution is 0.0436. The molecule has 0 amide bonds. The van der Waals surface area contributed by atoms with Gasteiger partial charge in [0.15, 0.2) is 0 Å². The van der Waals surface area contributed by atoms with Gasteiger partial charge < -0.3 is 4.74 Å². The molecule has 3 heteroatoms. The molecule has 2 aliphatic carbocycles. The number of hydrogen-bond donors (Lipinski definition) is 0. The number of esters is 1. The molecule has 2 aliphatic rings. The Bertz CT molecular complexity index is 945. The van der Waals surface area contributed by atoms with E-state index in [1.54, 1.807) is 24.5 Å². The van der Waals surface area contributed by atoms with Gasteiger partial charge in [0.25, 0.3) is 0 Å². The van der Waals surface area contributed by atoms with Crippen molar-refractivity contribution in [1.82, 2.24) is 4.98 Å². The van der Waals surface area contributed by atoms with Gasteiger partial charge in [0.2, 0.25) is 0 Å². The third-order valence-electron chi connectivity index (χ3n) is 7.52. The number of rotatable bonds is 4. The number of ether oxygens (including phenoxy) is 1. The van der Waals surface area contributed by atoms with E-state index in [1.807, 2.05) is 0 Å². The van der Waals surface area contributed by atoms with Gasteiger partial charge in [0.1, 0.15) is 6.10 Å². The van der Waals surface area contributed by atoms with Crippen molar-refractivity contribution in [2.75, 3.05) is 0 Å². The van der Waals surface area contributed by atoms with Crippen molar-refractivity contribution in [3.8, 4) is 0 Å². The lowest BCUT2D eigenvalue weighted by atomic mass is 9.62. The van der Waals surface area contributed by atoms with Gasteiger partial charge in [-0.2, -0.15) is 0 Å². The van der Waals surface area contributed by atoms with E-state index in [0.717, 1.165) is 12.8 Å². The fourth-order valence-electron chi connectivity index (χ4n) is 5.21. The molecule has 4 rings (SSSR count). The van der Waals surface area contributed by atoms with Crippen molar-refractivity contribution < 1.29 is 9.53 Å². The molecule has 0 aliphatic heterocycles. The van der Waals surface area contributed by atoms with Crippen molar-refractivity contribution in [2.45, 2.75) is 89.6 Å². The number of fused-ring (bicyclic) bond motifs is 1. The quantitative estimate of drug-likeness (QED) is 0.599. The number of aromatic nitrogens is 1. The molecule has 2 unspecified atom stereocenters. The molecule has 1 fully saturated rings. The van der Waals surface area contributed by atoms with Crippen LogP contribution in [0.2, 0.25) is 0 Å². The maximum Gasteiger partial charge on any atom is 0.340 e. The molecule has 2 atom stereocenters. The van der Waals surface area contributed by atoms with Crippen molar-refractivity contribution >= 4 is 5.97 Å². The first kappa shape index (κ1) is 20.1. The molecule has 1 aromatic carbocycles. The van der Waals surface area contributed by atoms with Gasteiger partial charge in [0, 0.05) is 17.8 Å². The van der Waals surface area contributed by atoms with E-state index in [9.17, 15) is 4.79 Å². The lowest BCUT2D eigenvalue weighted by Gasteiger charge is -2.43. The van der Waals surface area contributed by atoms with Crippen LogP contribution in [0.4, 0.5) is 0 Å². The second-order valence-electron chi connectivity index (χ2n) is 10.3. The van der Waals surface area contributed by atoms with Crippen LogP contribution >= 0.6 is 0 Å². The first-order valence-corrected chi connectivity index (χ1v) is 10.9. The Hall–Kier alpha value is -2.16. The van der Waals surface area contributed by atoms with Crippen LogP contribution in [-0.4, -0.2) is 17.1 Å². The van der Waals surface area contributed by atoms with Crippen LogP contribution in [0.1, 0.15) is 92.9 Å². The summed E-state index contributed by atoms with van der Waals surface area (Å²) in [6.07, 6.45) is 7.48. The van der Waals surface area contributed by atoms with E-state index in [1.165, 1.54) is 35.1 Å². The fourth-order valence-corrected chi connectivity index (χ4v) is 5.21. The third-order valence-corrected chi connectivity index (χ3v) is 7.52. The molecule has 1 heterocycles. The second-order valence-corrected chi connectivity index (χ2v) is 10.3. The Balaban J connectivity index is 1.68. The van der Waals surface area contributed by atoms with E-state index >= 15 is 0 Å². The van der Waals surface area contributed by atoms with Gasteiger partial charge in [-0.15, -0.1) is 0 Å². The molecule has 29 heavy (non-hydrogen) atoms. The Morgan fingerprint density at radius 3 is 2.34 bits per heavy atom. The summed E-state index contributed by atoms with van der Waals surface area (Å²) in [6, 6.07) is 8.41. The summed E-state index contributed by atoms with van der Waals surface area (Å²) in [5.74, 6) is -0.268. The number of benzene rings is 1. The molecule has 0 saturated heterocycles. The number of carbonyl (C=O) groups is 1. The number of aryl methyl sites for hydroxylation is 1. The highest BCUT2D eigenvalue weighted by atomic mass is 16.6. The molecule has 0 spiro atoms. The van der Waals surface area contributed by atoms with Crippen LogP contribution < -0.4 is 0 Å². The molecule has 0 bridgehead atoms. The van der Waals surface area contributed by atoms with E-state index < -0.39 is 0 Å². The van der Waals surface area contributed by atoms with Gasteiger partial charge in [-0.1, -0.05) is 46.8 Å². The molecule has 1 saturated carbocycles. The largest absolute Gasteiger partial charge is 0.458 e. The molecule has 2 aromatic rings. The standard InChI is InChI=1S/C26H33NO2/c1-7-26(15-22(26)29-23(28)18-9-8-12-27-16-18)19-14-21-20(13-17(19)2)24(3,4)10-11-25(21,5)6/h8-9,12-14,16,22H,7,10-11,15H2,1-6H3. The number of carbonyl (C=O) groups excluding carboxylic acids is 1.